The zero-order chi connectivity index (χ0) is 30.9. The minimum atomic E-state index is -4.84. The van der Waals surface area contributed by atoms with Crippen LogP contribution in [0, 0.1) is 12.7 Å². The highest BCUT2D eigenvalue weighted by atomic mass is 19.4. The van der Waals surface area contributed by atoms with Crippen LogP contribution in [0.25, 0.3) is 0 Å². The number of hydrogen-bond donors (Lipinski definition) is 1. The van der Waals surface area contributed by atoms with E-state index in [9.17, 15) is 27.2 Å². The molecule has 3 heterocycles. The number of anilines is 1. The van der Waals surface area contributed by atoms with Crippen molar-refractivity contribution in [1.29, 1.82) is 0 Å². The van der Waals surface area contributed by atoms with Gasteiger partial charge in [-0.15, -0.1) is 0 Å². The largest absolute Gasteiger partial charge is 0.416 e. The van der Waals surface area contributed by atoms with E-state index in [0.29, 0.717) is 38.3 Å². The lowest BCUT2D eigenvalue weighted by Crippen LogP contribution is -2.51. The lowest BCUT2D eigenvalue weighted by Gasteiger charge is -2.36. The minimum absolute atomic E-state index is 0.164. The van der Waals surface area contributed by atoms with Crippen LogP contribution in [0.1, 0.15) is 34.0 Å². The van der Waals surface area contributed by atoms with Gasteiger partial charge in [0.1, 0.15) is 11.5 Å². The van der Waals surface area contributed by atoms with Gasteiger partial charge in [0.25, 0.3) is 5.56 Å². The summed E-state index contributed by atoms with van der Waals surface area (Å²) in [5.74, 6) is -1.09. The molecule has 2 N–H and O–H groups in total. The number of benzene rings is 2. The van der Waals surface area contributed by atoms with Crippen molar-refractivity contribution >= 4 is 5.69 Å². The highest BCUT2D eigenvalue weighted by molar-refractivity contribution is 5.50. The number of aryl methyl sites for hydroxylation is 1. The SMILES string of the molecule is Cc1c(N2CCN(Cc3cnn(C)c3)CC2)c(=O)n(C[C@@H](N)c2ccccc2)c(=O)n1Cc1c(F)cccc1C(F)(F)F. The quantitative estimate of drug-likeness (QED) is 0.313. The Hall–Kier alpha value is -4.23. The van der Waals surface area contributed by atoms with Gasteiger partial charge in [-0.3, -0.25) is 23.5 Å². The Morgan fingerprint density at radius 3 is 2.28 bits per heavy atom. The van der Waals surface area contributed by atoms with E-state index in [1.807, 2.05) is 18.1 Å². The Labute approximate surface area is 245 Å². The molecule has 1 fully saturated rings. The fourth-order valence-corrected chi connectivity index (χ4v) is 5.58. The second-order valence-electron chi connectivity index (χ2n) is 10.8. The zero-order valence-electron chi connectivity index (χ0n) is 23.9. The fourth-order valence-electron chi connectivity index (χ4n) is 5.58. The third kappa shape index (κ3) is 6.42. The van der Waals surface area contributed by atoms with Gasteiger partial charge < -0.3 is 10.6 Å². The average Bonchev–Trinajstić information content (AvgIpc) is 3.39. The van der Waals surface area contributed by atoms with Crippen molar-refractivity contribution < 1.29 is 17.6 Å². The number of alkyl halides is 3. The summed E-state index contributed by atoms with van der Waals surface area (Å²) in [6, 6.07) is 10.8. The first-order valence-corrected chi connectivity index (χ1v) is 13.9. The maximum atomic E-state index is 14.9. The first kappa shape index (κ1) is 30.2. The number of nitrogens with two attached hydrogens (primary N) is 1. The lowest BCUT2D eigenvalue weighted by atomic mass is 10.1. The van der Waals surface area contributed by atoms with Gasteiger partial charge in [-0.2, -0.15) is 18.3 Å². The summed E-state index contributed by atoms with van der Waals surface area (Å²) in [5.41, 5.74) is 5.17. The second-order valence-corrected chi connectivity index (χ2v) is 10.8. The molecule has 2 aromatic carbocycles. The van der Waals surface area contributed by atoms with E-state index in [-0.39, 0.29) is 17.9 Å². The molecule has 5 rings (SSSR count). The first-order valence-electron chi connectivity index (χ1n) is 13.9. The molecule has 1 atom stereocenters. The summed E-state index contributed by atoms with van der Waals surface area (Å²) < 4.78 is 60.2. The Morgan fingerprint density at radius 2 is 1.65 bits per heavy atom. The van der Waals surface area contributed by atoms with Crippen molar-refractivity contribution in [2.45, 2.75) is 38.8 Å². The molecule has 9 nitrogen and oxygen atoms in total. The predicted molar refractivity (Wildman–Crippen MR) is 154 cm³/mol. The van der Waals surface area contributed by atoms with Crippen LogP contribution < -0.4 is 21.9 Å². The molecular formula is C30H33F4N7O2. The summed E-state index contributed by atoms with van der Waals surface area (Å²) in [6.45, 7) is 3.34. The number of aromatic nitrogens is 4. The predicted octanol–water partition coefficient (Wildman–Crippen LogP) is 3.28. The van der Waals surface area contributed by atoms with Crippen molar-refractivity contribution in [1.82, 2.24) is 23.8 Å². The molecule has 0 saturated carbocycles. The zero-order valence-corrected chi connectivity index (χ0v) is 23.9. The molecule has 0 spiro atoms. The van der Waals surface area contributed by atoms with Crippen LogP contribution in [0.15, 0.2) is 70.5 Å². The molecule has 0 amide bonds. The Morgan fingerprint density at radius 1 is 0.953 bits per heavy atom. The molecule has 4 aromatic rings. The lowest BCUT2D eigenvalue weighted by molar-refractivity contribution is -0.138. The maximum absolute atomic E-state index is 14.9. The summed E-state index contributed by atoms with van der Waals surface area (Å²) in [7, 11) is 1.84. The van der Waals surface area contributed by atoms with Gasteiger partial charge in [-0.1, -0.05) is 36.4 Å². The third-order valence-corrected chi connectivity index (χ3v) is 7.86. The van der Waals surface area contributed by atoms with Crippen molar-refractivity contribution in [3.05, 3.63) is 116 Å². The van der Waals surface area contributed by atoms with Gasteiger partial charge in [0.05, 0.1) is 24.8 Å². The fraction of sp³-hybridized carbons (Fsp3) is 0.367. The van der Waals surface area contributed by atoms with Crippen LogP contribution in [0.5, 0.6) is 0 Å². The van der Waals surface area contributed by atoms with E-state index in [1.165, 1.54) is 6.92 Å². The molecule has 0 unspecified atom stereocenters. The smallest absolute Gasteiger partial charge is 0.363 e. The van der Waals surface area contributed by atoms with Crippen LogP contribution >= 0.6 is 0 Å². The number of hydrogen-bond acceptors (Lipinski definition) is 6. The molecule has 1 saturated heterocycles. The van der Waals surface area contributed by atoms with E-state index in [0.717, 1.165) is 32.9 Å². The number of nitrogens with zero attached hydrogens (tertiary/aromatic N) is 6. The Kier molecular flexibility index (Phi) is 8.56. The Balaban J connectivity index is 1.55. The van der Waals surface area contributed by atoms with E-state index >= 15 is 0 Å². The van der Waals surface area contributed by atoms with Crippen LogP contribution in [0.3, 0.4) is 0 Å². The van der Waals surface area contributed by atoms with Crippen LogP contribution in [0.2, 0.25) is 0 Å². The molecule has 13 heteroatoms. The number of piperazine rings is 1. The Bertz CT molecular complexity index is 1700. The highest BCUT2D eigenvalue weighted by Gasteiger charge is 2.35. The molecule has 2 aromatic heterocycles. The molecule has 0 bridgehead atoms. The number of rotatable bonds is 8. The van der Waals surface area contributed by atoms with E-state index in [1.54, 1.807) is 41.2 Å². The molecule has 0 radical (unpaired) electrons. The summed E-state index contributed by atoms with van der Waals surface area (Å²) in [6.07, 6.45) is -1.12. The number of halogens is 4. The topological polar surface area (TPSA) is 94.3 Å². The minimum Gasteiger partial charge on any atom is -0.363 e. The van der Waals surface area contributed by atoms with Crippen LogP contribution in [0.4, 0.5) is 23.2 Å². The van der Waals surface area contributed by atoms with E-state index < -0.39 is 47.0 Å². The van der Waals surface area contributed by atoms with Gasteiger partial charge in [-0.25, -0.2) is 9.18 Å². The van der Waals surface area contributed by atoms with E-state index in [4.69, 9.17) is 5.73 Å². The molecule has 228 valence electrons. The first-order chi connectivity index (χ1) is 20.4. The monoisotopic (exact) mass is 599 g/mol. The van der Waals surface area contributed by atoms with Crippen molar-refractivity contribution in [3.8, 4) is 0 Å². The molecule has 1 aliphatic rings. The highest BCUT2D eigenvalue weighted by Crippen LogP contribution is 2.33. The van der Waals surface area contributed by atoms with E-state index in [2.05, 4.69) is 10.00 Å². The summed E-state index contributed by atoms with van der Waals surface area (Å²) in [5, 5.41) is 4.20. The van der Waals surface area contributed by atoms with Gasteiger partial charge in [0, 0.05) is 68.8 Å². The molecular weight excluding hydrogens is 566 g/mol. The molecule has 1 aliphatic heterocycles. The molecule has 0 aliphatic carbocycles. The second kappa shape index (κ2) is 12.2. The van der Waals surface area contributed by atoms with Crippen molar-refractivity contribution in [2.24, 2.45) is 12.8 Å². The summed E-state index contributed by atoms with van der Waals surface area (Å²) >= 11 is 0. The normalized spacial score (nSPS) is 15.2. The third-order valence-electron chi connectivity index (χ3n) is 7.86. The van der Waals surface area contributed by atoms with Gasteiger partial charge in [-0.05, 0) is 24.6 Å². The van der Waals surface area contributed by atoms with Gasteiger partial charge in [0.15, 0.2) is 0 Å². The van der Waals surface area contributed by atoms with Crippen LogP contribution in [-0.4, -0.2) is 50.0 Å². The van der Waals surface area contributed by atoms with Crippen LogP contribution in [-0.2, 0) is 32.9 Å². The summed E-state index contributed by atoms with van der Waals surface area (Å²) in [4.78, 5) is 31.7. The maximum Gasteiger partial charge on any atom is 0.416 e. The van der Waals surface area contributed by atoms with Crippen molar-refractivity contribution in [2.75, 3.05) is 31.1 Å². The molecule has 43 heavy (non-hydrogen) atoms. The van der Waals surface area contributed by atoms with Gasteiger partial charge in [0.2, 0.25) is 0 Å². The van der Waals surface area contributed by atoms with Crippen molar-refractivity contribution in [3.63, 3.8) is 0 Å². The standard InChI is InChI=1S/C30H33F4N7O2/c1-20-27(39-13-11-38(12-14-39)17-21-15-36-37(2)16-21)28(42)41(19-26(35)22-7-4-3-5-8-22)29(43)40(20)18-23-24(30(32,33)34)9-6-10-25(23)31/h3-10,15-16,26H,11-14,17-19,35H2,1-2H3/t26-/m1/s1. The van der Waals surface area contributed by atoms with Gasteiger partial charge >= 0.3 is 11.9 Å². The average molecular weight is 600 g/mol.